The molecular weight excluding hydrogens is 634 g/mol. The van der Waals surface area contributed by atoms with E-state index >= 15 is 0 Å². The van der Waals surface area contributed by atoms with E-state index in [9.17, 15) is 39.6 Å². The third-order valence-electron chi connectivity index (χ3n) is 7.30. The van der Waals surface area contributed by atoms with Crippen LogP contribution in [0.5, 0.6) is 5.75 Å². The smallest absolute Gasteiger partial charge is 0.255 e. The lowest BCUT2D eigenvalue weighted by Gasteiger charge is -2.50. The topological polar surface area (TPSA) is 211 Å². The second-order valence-electron chi connectivity index (χ2n) is 9.60. The van der Waals surface area contributed by atoms with Crippen LogP contribution in [0.1, 0.15) is 17.5 Å². The Hall–Kier alpha value is -2.78. The minimum absolute atomic E-state index is 0. The largest absolute Gasteiger partial charge is 0.508 e. The van der Waals surface area contributed by atoms with Gasteiger partial charge in [0, 0.05) is 11.5 Å². The molecule has 38 heavy (non-hydrogen) atoms. The first-order chi connectivity index (χ1) is 17.3. The number of anilines is 1. The van der Waals surface area contributed by atoms with Crippen LogP contribution in [-0.2, 0) is 25.6 Å². The first kappa shape index (κ1) is 29.8. The van der Waals surface area contributed by atoms with Gasteiger partial charge in [0.1, 0.15) is 27.7 Å². The molecule has 0 aromatic heterocycles. The van der Waals surface area contributed by atoms with Gasteiger partial charge in [-0.25, -0.2) is 0 Å². The molecule has 206 valence electrons. The van der Waals surface area contributed by atoms with E-state index < -0.39 is 81.1 Å². The summed E-state index contributed by atoms with van der Waals surface area (Å²) in [5.41, 5.74) is 1.59. The molecule has 12 nitrogen and oxygen atoms in total. The summed E-state index contributed by atoms with van der Waals surface area (Å²) in [4.78, 5) is 51.5. The summed E-state index contributed by atoms with van der Waals surface area (Å²) >= 11 is 2.98. The van der Waals surface area contributed by atoms with Crippen LogP contribution in [0.25, 0.3) is 5.76 Å². The second kappa shape index (κ2) is 10.4. The summed E-state index contributed by atoms with van der Waals surface area (Å²) in [7, 11) is 3.05. The maximum absolute atomic E-state index is 13.8. The number of carbonyl (C=O) groups excluding carboxylic acids is 4. The molecule has 0 saturated heterocycles. The maximum Gasteiger partial charge on any atom is 0.255 e. The Morgan fingerprint density at radius 1 is 1.24 bits per heavy atom. The highest BCUT2D eigenvalue weighted by atomic mass is 79.9. The van der Waals surface area contributed by atoms with Gasteiger partial charge in [0.25, 0.3) is 5.91 Å². The number of aromatic hydroxyl groups is 1. The molecule has 1 saturated carbocycles. The summed E-state index contributed by atoms with van der Waals surface area (Å²) in [6, 6.07) is 1.79. The summed E-state index contributed by atoms with van der Waals surface area (Å²) < 4.78 is 0. The van der Waals surface area contributed by atoms with Crippen LogP contribution in [-0.4, -0.2) is 91.0 Å². The number of aliphatic hydroxyl groups excluding tert-OH is 3. The predicted molar refractivity (Wildman–Crippen MR) is 143 cm³/mol. The van der Waals surface area contributed by atoms with Gasteiger partial charge in [-0.05, 0) is 44.5 Å². The van der Waals surface area contributed by atoms with Crippen molar-refractivity contribution >= 4 is 67.7 Å². The minimum atomic E-state index is -2.73. The number of primary amides is 1. The van der Waals surface area contributed by atoms with Crippen molar-refractivity contribution < 1.29 is 44.7 Å². The lowest BCUT2D eigenvalue weighted by molar-refractivity contribution is -0.153. The van der Waals surface area contributed by atoms with Crippen molar-refractivity contribution in [3.05, 3.63) is 40.2 Å². The van der Waals surface area contributed by atoms with Gasteiger partial charge in [0.15, 0.2) is 11.4 Å². The van der Waals surface area contributed by atoms with Crippen molar-refractivity contribution in [1.29, 1.82) is 0 Å². The molecule has 3 aliphatic carbocycles. The molecule has 0 bridgehead atoms. The first-order valence-corrected chi connectivity index (χ1v) is 12.2. The highest BCUT2D eigenvalue weighted by Crippen LogP contribution is 2.53. The highest BCUT2D eigenvalue weighted by Gasteiger charge is 2.64. The molecule has 8 N–H and O–H groups in total. The Morgan fingerprint density at radius 3 is 2.42 bits per heavy atom. The number of alkyl halides is 1. The Labute approximate surface area is 235 Å². The van der Waals surface area contributed by atoms with E-state index in [2.05, 4.69) is 21.2 Å². The normalized spacial score (nSPS) is 27.3. The van der Waals surface area contributed by atoms with E-state index in [-0.39, 0.29) is 46.6 Å². The van der Waals surface area contributed by atoms with Gasteiger partial charge in [0.2, 0.25) is 11.7 Å². The molecule has 0 radical (unpaired) electrons. The number of rotatable bonds is 5. The van der Waals surface area contributed by atoms with E-state index in [1.54, 1.807) is 6.07 Å². The monoisotopic (exact) mass is 659 g/mol. The van der Waals surface area contributed by atoms with Crippen LogP contribution in [0.4, 0.5) is 5.69 Å². The lowest BCUT2D eigenvalue weighted by atomic mass is 9.57. The molecule has 1 aromatic carbocycles. The summed E-state index contributed by atoms with van der Waals surface area (Å²) in [6.45, 7) is -0.510. The Kier molecular flexibility index (Phi) is 8.16. The average molecular weight is 661 g/mol. The zero-order valence-electron chi connectivity index (χ0n) is 20.3. The number of likely N-dealkylation sites (N-methyl/N-ethyl adjacent to an activating group) is 1. The predicted octanol–water partition coefficient (Wildman–Crippen LogP) is 0.236. The number of hydrogen-bond donors (Lipinski definition) is 7. The molecule has 14 heteroatoms. The highest BCUT2D eigenvalue weighted by molar-refractivity contribution is 9.10. The number of fused-ring (bicyclic) bond motifs is 3. The number of hydrogen-bond acceptors (Lipinski definition) is 10. The number of nitrogens with zero attached hydrogens (tertiary/aromatic N) is 1. The van der Waals surface area contributed by atoms with Crippen molar-refractivity contribution in [2.24, 2.45) is 17.6 Å². The third kappa shape index (κ3) is 4.24. The number of amides is 2. The fourth-order valence-electron chi connectivity index (χ4n) is 5.61. The van der Waals surface area contributed by atoms with Crippen molar-refractivity contribution in [3.63, 3.8) is 0 Å². The van der Waals surface area contributed by atoms with Gasteiger partial charge in [0.05, 0.1) is 23.9 Å². The SMILES string of the molecule is Br.CN(C)[C@@H]1C(=O)C(C(N)=O)=C(O)[C@@]2(O)C(=O)C3=C(O)c4c(ccc(NC(=O)C(Br)CO)c4O)CC3CC12. The molecule has 3 unspecified atom stereocenters. The zero-order chi connectivity index (χ0) is 27.6. The number of nitrogens with one attached hydrogen (secondary N) is 1. The van der Waals surface area contributed by atoms with E-state index in [0.717, 1.165) is 0 Å². The first-order valence-electron chi connectivity index (χ1n) is 11.3. The molecule has 2 amide bonds. The number of carbonyl (C=O) groups is 4. The Balaban J connectivity index is 0.00000400. The average Bonchev–Trinajstić information content (AvgIpc) is 2.82. The molecule has 4 rings (SSSR count). The van der Waals surface area contributed by atoms with Crippen molar-refractivity contribution in [3.8, 4) is 5.75 Å². The van der Waals surface area contributed by atoms with Crippen molar-refractivity contribution in [1.82, 2.24) is 4.90 Å². The lowest BCUT2D eigenvalue weighted by Crippen LogP contribution is -2.65. The molecule has 1 fully saturated rings. The van der Waals surface area contributed by atoms with E-state index in [0.29, 0.717) is 5.56 Å². The third-order valence-corrected chi connectivity index (χ3v) is 8.00. The fraction of sp³-hybridized carbons (Fsp3) is 0.417. The number of nitrogens with two attached hydrogens (primary N) is 1. The molecule has 5 atom stereocenters. The van der Waals surface area contributed by atoms with Gasteiger partial charge in [-0.2, -0.15) is 0 Å². The number of phenolic OH excluding ortho intramolecular Hbond substituents is 1. The Morgan fingerprint density at radius 2 is 1.87 bits per heavy atom. The standard InChI is InChI=1S/C24H26BrN3O9.BrH/c1-28(2)16-10-6-9-5-8-3-4-12(27-23(36)11(25)7-29)17(30)13(8)18(31)14(9)20(33)24(10,37)21(34)15(19(16)32)22(26)35;/h3-4,9-11,16,29-31,34,37H,5-7H2,1-2H3,(H2,26,35)(H,27,36);1H/t9?,10?,11?,16-,24-;/m0./s1. The summed E-state index contributed by atoms with van der Waals surface area (Å²) in [5.74, 6) is -8.15. The zero-order valence-corrected chi connectivity index (χ0v) is 23.6. The number of ketones is 2. The van der Waals surface area contributed by atoms with Crippen molar-refractivity contribution in [2.75, 3.05) is 26.0 Å². The van der Waals surface area contributed by atoms with Gasteiger partial charge >= 0.3 is 0 Å². The van der Waals surface area contributed by atoms with Crippen LogP contribution >= 0.6 is 32.9 Å². The molecular formula is C24H27Br2N3O9. The van der Waals surface area contributed by atoms with E-state index in [1.165, 1.54) is 25.1 Å². The number of benzene rings is 1. The van der Waals surface area contributed by atoms with Gasteiger partial charge < -0.3 is 36.6 Å². The van der Waals surface area contributed by atoms with Gasteiger partial charge in [-0.1, -0.05) is 22.0 Å². The van der Waals surface area contributed by atoms with Crippen LogP contribution < -0.4 is 11.1 Å². The maximum atomic E-state index is 13.8. The fourth-order valence-corrected chi connectivity index (χ4v) is 5.73. The Bertz CT molecular complexity index is 1310. The quantitative estimate of drug-likeness (QED) is 0.130. The molecule has 0 aliphatic heterocycles. The number of halogens is 2. The number of Topliss-reactive ketones (excluding diaryl/α,β-unsaturated/α-hetero) is 2. The number of phenols is 1. The molecule has 0 spiro atoms. The molecule has 1 aromatic rings. The number of aliphatic hydroxyl groups is 4. The molecule has 0 heterocycles. The van der Waals surface area contributed by atoms with E-state index in [1.807, 2.05) is 0 Å². The summed E-state index contributed by atoms with van der Waals surface area (Å²) in [5, 5.41) is 56.0. The second-order valence-corrected chi connectivity index (χ2v) is 10.7. The van der Waals surface area contributed by atoms with Crippen molar-refractivity contribution in [2.45, 2.75) is 29.3 Å². The van der Waals surface area contributed by atoms with Crippen LogP contribution in [0.3, 0.4) is 0 Å². The van der Waals surface area contributed by atoms with Crippen LogP contribution in [0.15, 0.2) is 29.0 Å². The van der Waals surface area contributed by atoms with Crippen LogP contribution in [0.2, 0.25) is 0 Å². The summed E-state index contributed by atoms with van der Waals surface area (Å²) in [6.07, 6.45) is 0.112. The molecule has 3 aliphatic rings. The van der Waals surface area contributed by atoms with E-state index in [4.69, 9.17) is 10.8 Å². The van der Waals surface area contributed by atoms with Gasteiger partial charge in [-0.15, -0.1) is 17.0 Å². The van der Waals surface area contributed by atoms with Gasteiger partial charge in [-0.3, -0.25) is 24.1 Å². The van der Waals surface area contributed by atoms with Crippen LogP contribution in [0, 0.1) is 11.8 Å². The minimum Gasteiger partial charge on any atom is -0.508 e.